The summed E-state index contributed by atoms with van der Waals surface area (Å²) in [6.45, 7) is 6.81. The topological polar surface area (TPSA) is 102 Å². The molecular formula is C34H43ClN2O6S. The number of rotatable bonds is 10. The lowest BCUT2D eigenvalue weighted by molar-refractivity contribution is -0.135. The largest absolute Gasteiger partial charge is 0.490 e. The number of allylic oxidation sites excluding steroid dienone is 1. The van der Waals surface area contributed by atoms with Crippen molar-refractivity contribution in [1.82, 2.24) is 4.72 Å². The summed E-state index contributed by atoms with van der Waals surface area (Å²) in [5.74, 6) is 0.109. The molecule has 10 heteroatoms. The van der Waals surface area contributed by atoms with Crippen molar-refractivity contribution in [2.45, 2.75) is 75.6 Å². The van der Waals surface area contributed by atoms with Crippen molar-refractivity contribution in [2.75, 3.05) is 31.7 Å². The molecule has 2 aliphatic carbocycles. The Morgan fingerprint density at radius 2 is 2.05 bits per heavy atom. The fourth-order valence-corrected chi connectivity index (χ4v) is 7.85. The van der Waals surface area contributed by atoms with Crippen LogP contribution in [0.2, 0.25) is 5.02 Å². The van der Waals surface area contributed by atoms with Crippen molar-refractivity contribution in [3.8, 4) is 5.75 Å². The zero-order valence-electron chi connectivity index (χ0n) is 26.0. The highest BCUT2D eigenvalue weighted by Gasteiger charge is 2.49. The van der Waals surface area contributed by atoms with E-state index in [0.29, 0.717) is 30.5 Å². The van der Waals surface area contributed by atoms with E-state index in [0.717, 1.165) is 50.5 Å². The van der Waals surface area contributed by atoms with E-state index in [9.17, 15) is 18.0 Å². The Hall–Kier alpha value is -2.88. The molecule has 1 spiro atoms. The number of fused-ring (bicyclic) bond motifs is 3. The molecule has 0 bridgehead atoms. The van der Waals surface area contributed by atoms with Crippen molar-refractivity contribution in [3.05, 3.63) is 70.3 Å². The van der Waals surface area contributed by atoms with Crippen molar-refractivity contribution in [3.63, 3.8) is 0 Å². The molecule has 2 aromatic rings. The minimum absolute atomic E-state index is 0.00325. The number of aryl methyl sites for hydroxylation is 1. The summed E-state index contributed by atoms with van der Waals surface area (Å²) in [6, 6.07) is 11.2. The third-order valence-corrected chi connectivity index (χ3v) is 11.7. The Labute approximate surface area is 266 Å². The number of carbonyl (C=O) groups is 2. The van der Waals surface area contributed by atoms with Crippen LogP contribution in [-0.4, -0.2) is 58.3 Å². The number of hydrogen-bond acceptors (Lipinski definition) is 7. The molecule has 3 aliphatic rings. The Kier molecular flexibility index (Phi) is 9.50. The van der Waals surface area contributed by atoms with Crippen LogP contribution >= 0.6 is 11.6 Å². The molecule has 1 saturated carbocycles. The molecule has 1 fully saturated rings. The van der Waals surface area contributed by atoms with Crippen molar-refractivity contribution >= 4 is 39.5 Å². The van der Waals surface area contributed by atoms with Gasteiger partial charge in [0.25, 0.3) is 5.91 Å². The molecule has 238 valence electrons. The Balaban J connectivity index is 1.54. The summed E-state index contributed by atoms with van der Waals surface area (Å²) in [6.07, 6.45) is 10.3. The lowest BCUT2D eigenvalue weighted by Gasteiger charge is -2.48. The first-order valence-corrected chi connectivity index (χ1v) is 17.5. The molecule has 1 amide bonds. The van der Waals surface area contributed by atoms with Gasteiger partial charge in [-0.3, -0.25) is 9.59 Å². The van der Waals surface area contributed by atoms with E-state index in [1.807, 2.05) is 25.1 Å². The zero-order chi connectivity index (χ0) is 31.7. The fraction of sp³-hybridized carbons (Fsp3) is 0.529. The number of nitrogens with zero attached hydrogens (tertiary/aromatic N) is 1. The molecule has 1 aliphatic heterocycles. The van der Waals surface area contributed by atoms with Crippen molar-refractivity contribution in [1.29, 1.82) is 0 Å². The standard InChI is InChI=1S/C34H43ClN2O6S/c1-5-6-16-34(21-38,42-4)29-12-9-26(29)19-37-20-33(15-7-8-24-17-27(35)11-13-28(24)33)22-43-31-14-10-25(18-30(31)37)32(39)36-44(40,41)23(2)3/h6,10-11,13-14,16-18,21,23,26,29H,5,7-9,12,15,19-20,22H2,1-4H3,(H,36,39)/b16-6+/t26-,29+,33-,34-/m0/s1. The smallest absolute Gasteiger partial charge is 0.264 e. The monoisotopic (exact) mass is 642 g/mol. The maximum absolute atomic E-state index is 13.2. The van der Waals surface area contributed by atoms with Crippen LogP contribution in [0, 0.1) is 11.8 Å². The summed E-state index contributed by atoms with van der Waals surface area (Å²) in [5, 5.41) is -0.0345. The van der Waals surface area contributed by atoms with Gasteiger partial charge in [-0.1, -0.05) is 30.7 Å². The Morgan fingerprint density at radius 3 is 2.70 bits per heavy atom. The van der Waals surface area contributed by atoms with Crippen LogP contribution in [0.15, 0.2) is 48.6 Å². The first-order valence-electron chi connectivity index (χ1n) is 15.5. The third-order valence-electron chi connectivity index (χ3n) is 9.76. The van der Waals surface area contributed by atoms with Gasteiger partial charge in [-0.25, -0.2) is 13.1 Å². The lowest BCUT2D eigenvalue weighted by atomic mass is 9.64. The van der Waals surface area contributed by atoms with E-state index < -0.39 is 26.8 Å². The molecular weight excluding hydrogens is 600 g/mol. The van der Waals surface area contributed by atoms with Crippen LogP contribution in [-0.2, 0) is 31.4 Å². The Morgan fingerprint density at radius 1 is 1.25 bits per heavy atom. The normalized spacial score (nSPS) is 24.5. The average Bonchev–Trinajstić information content (AvgIpc) is 3.13. The van der Waals surface area contributed by atoms with Gasteiger partial charge in [0.05, 0.1) is 17.5 Å². The number of aldehydes is 1. The van der Waals surface area contributed by atoms with Gasteiger partial charge in [-0.2, -0.15) is 0 Å². The second kappa shape index (κ2) is 12.9. The molecule has 44 heavy (non-hydrogen) atoms. The van der Waals surface area contributed by atoms with Crippen LogP contribution < -0.4 is 14.4 Å². The maximum Gasteiger partial charge on any atom is 0.264 e. The first-order chi connectivity index (χ1) is 21.0. The minimum Gasteiger partial charge on any atom is -0.490 e. The number of nitrogens with one attached hydrogen (secondary N) is 1. The van der Waals surface area contributed by atoms with Crippen LogP contribution in [0.5, 0.6) is 5.75 Å². The predicted octanol–water partition coefficient (Wildman–Crippen LogP) is 5.86. The summed E-state index contributed by atoms with van der Waals surface area (Å²) in [5.41, 5.74) is 2.11. The van der Waals surface area contributed by atoms with E-state index in [2.05, 4.69) is 21.8 Å². The maximum atomic E-state index is 13.2. The highest BCUT2D eigenvalue weighted by Crippen LogP contribution is 2.48. The first kappa shape index (κ1) is 32.5. The van der Waals surface area contributed by atoms with Crippen LogP contribution in [0.1, 0.15) is 74.4 Å². The van der Waals surface area contributed by atoms with E-state index in [1.165, 1.54) is 25.0 Å². The molecule has 1 heterocycles. The van der Waals surface area contributed by atoms with Gasteiger partial charge < -0.3 is 14.4 Å². The number of benzene rings is 2. The van der Waals surface area contributed by atoms with Gasteiger partial charge in [0.2, 0.25) is 10.0 Å². The average molecular weight is 643 g/mol. The lowest BCUT2D eigenvalue weighted by Crippen LogP contribution is -2.53. The van der Waals surface area contributed by atoms with Gasteiger partial charge in [-0.15, -0.1) is 0 Å². The number of anilines is 1. The van der Waals surface area contributed by atoms with Gasteiger partial charge in [0.15, 0.2) is 6.29 Å². The summed E-state index contributed by atoms with van der Waals surface area (Å²) < 4.78 is 39.6. The number of carbonyl (C=O) groups excluding carboxylic acids is 2. The number of ether oxygens (including phenoxy) is 2. The fourth-order valence-electron chi connectivity index (χ4n) is 7.05. The molecule has 1 N–H and O–H groups in total. The van der Waals surface area contributed by atoms with Crippen LogP contribution in [0.25, 0.3) is 0 Å². The number of halogens is 1. The summed E-state index contributed by atoms with van der Waals surface area (Å²) in [4.78, 5) is 27.9. The van der Waals surface area contributed by atoms with E-state index in [-0.39, 0.29) is 22.8 Å². The Bertz CT molecular complexity index is 1540. The number of methoxy groups -OCH3 is 1. The molecule has 0 aromatic heterocycles. The highest BCUT2D eigenvalue weighted by atomic mass is 35.5. The van der Waals surface area contributed by atoms with E-state index in [1.54, 1.807) is 25.3 Å². The third kappa shape index (κ3) is 6.15. The molecule has 0 saturated heterocycles. The van der Waals surface area contributed by atoms with Gasteiger partial charge in [0.1, 0.15) is 11.4 Å². The zero-order valence-corrected chi connectivity index (χ0v) is 27.5. The van der Waals surface area contributed by atoms with Crippen LogP contribution in [0.3, 0.4) is 0 Å². The number of sulfonamides is 1. The second-order valence-electron chi connectivity index (χ2n) is 12.7. The number of hydrogen-bond donors (Lipinski definition) is 1. The molecule has 0 unspecified atom stereocenters. The molecule has 4 atom stereocenters. The number of amides is 1. The van der Waals surface area contributed by atoms with Crippen molar-refractivity contribution in [2.24, 2.45) is 11.8 Å². The van der Waals surface area contributed by atoms with Gasteiger partial charge in [0, 0.05) is 42.1 Å². The molecule has 2 aromatic carbocycles. The van der Waals surface area contributed by atoms with Gasteiger partial charge in [-0.05, 0) is 106 Å². The van der Waals surface area contributed by atoms with Crippen LogP contribution in [0.4, 0.5) is 5.69 Å². The summed E-state index contributed by atoms with van der Waals surface area (Å²) >= 11 is 6.40. The van der Waals surface area contributed by atoms with Crippen molar-refractivity contribution < 1.29 is 27.5 Å². The quantitative estimate of drug-likeness (QED) is 0.256. The van der Waals surface area contributed by atoms with E-state index >= 15 is 0 Å². The summed E-state index contributed by atoms with van der Waals surface area (Å²) in [7, 11) is -2.22. The minimum atomic E-state index is -3.81. The predicted molar refractivity (Wildman–Crippen MR) is 173 cm³/mol. The second-order valence-corrected chi connectivity index (χ2v) is 15.4. The van der Waals surface area contributed by atoms with Gasteiger partial charge >= 0.3 is 0 Å². The highest BCUT2D eigenvalue weighted by molar-refractivity contribution is 7.90. The SMILES string of the molecule is CC/C=C/[C@@](C=O)(OC)[C@@H]1CC[C@H]1CN1C[C@@]2(CCCc3cc(Cl)ccc32)COc2ccc(C(=O)NS(=O)(=O)C(C)C)cc21. The molecule has 5 rings (SSSR count). The molecule has 0 radical (unpaired) electrons. The van der Waals surface area contributed by atoms with E-state index in [4.69, 9.17) is 21.1 Å². The molecule has 8 nitrogen and oxygen atoms in total.